The van der Waals surface area contributed by atoms with Gasteiger partial charge >= 0.3 is 0 Å². The molecule has 0 saturated heterocycles. The van der Waals surface area contributed by atoms with Gasteiger partial charge in [-0.1, -0.05) is 42.1 Å². The number of nitrogens with two attached hydrogens (primary N) is 1. The molecule has 1 aromatic carbocycles. The number of hydrogen-bond acceptors (Lipinski definition) is 3. The van der Waals surface area contributed by atoms with Gasteiger partial charge in [0.15, 0.2) is 0 Å². The molecular weight excluding hydrogens is 295 g/mol. The summed E-state index contributed by atoms with van der Waals surface area (Å²) < 4.78 is 0. The van der Waals surface area contributed by atoms with Crippen molar-refractivity contribution in [2.24, 2.45) is 11.7 Å². The Bertz CT molecular complexity index is 422. The number of aliphatic hydroxyl groups is 1. The van der Waals surface area contributed by atoms with Crippen LogP contribution in [0.2, 0.25) is 10.0 Å². The molecule has 1 saturated carbocycles. The van der Waals surface area contributed by atoms with Crippen molar-refractivity contribution in [3.63, 3.8) is 0 Å². The molecule has 0 bridgehead atoms. The maximum atomic E-state index is 9.50. The largest absolute Gasteiger partial charge is 0.396 e. The van der Waals surface area contributed by atoms with Crippen molar-refractivity contribution in [1.29, 1.82) is 0 Å². The minimum atomic E-state index is -0.0756. The third-order valence-electron chi connectivity index (χ3n) is 4.14. The lowest BCUT2D eigenvalue weighted by molar-refractivity contribution is 0.146. The summed E-state index contributed by atoms with van der Waals surface area (Å²) in [5, 5.41) is 14.3. The van der Waals surface area contributed by atoms with E-state index < -0.39 is 0 Å². The summed E-state index contributed by atoms with van der Waals surface area (Å²) >= 11 is 12.5. The molecule has 1 aliphatic carbocycles. The van der Waals surface area contributed by atoms with Crippen LogP contribution in [0, 0.1) is 5.92 Å². The van der Waals surface area contributed by atoms with Crippen molar-refractivity contribution in [2.75, 3.05) is 13.2 Å². The zero-order chi connectivity index (χ0) is 14.5. The Hall–Kier alpha value is -0.320. The van der Waals surface area contributed by atoms with E-state index in [0.29, 0.717) is 22.5 Å². The van der Waals surface area contributed by atoms with Gasteiger partial charge in [0, 0.05) is 40.8 Å². The van der Waals surface area contributed by atoms with Gasteiger partial charge in [-0.25, -0.2) is 0 Å². The average molecular weight is 317 g/mol. The van der Waals surface area contributed by atoms with Crippen LogP contribution in [0.25, 0.3) is 0 Å². The molecule has 0 aliphatic heterocycles. The first kappa shape index (κ1) is 16.1. The van der Waals surface area contributed by atoms with E-state index in [0.717, 1.165) is 18.4 Å². The van der Waals surface area contributed by atoms with Crippen molar-refractivity contribution in [1.82, 2.24) is 5.32 Å². The zero-order valence-corrected chi connectivity index (χ0v) is 13.0. The van der Waals surface area contributed by atoms with Gasteiger partial charge < -0.3 is 16.2 Å². The van der Waals surface area contributed by atoms with E-state index in [-0.39, 0.29) is 18.7 Å². The predicted molar refractivity (Wildman–Crippen MR) is 84.2 cm³/mol. The summed E-state index contributed by atoms with van der Waals surface area (Å²) in [6.07, 6.45) is 4.48. The van der Waals surface area contributed by atoms with Crippen LogP contribution in [0.4, 0.5) is 0 Å². The summed E-state index contributed by atoms with van der Waals surface area (Å²) in [5.41, 5.74) is 6.77. The lowest BCUT2D eigenvalue weighted by Crippen LogP contribution is -2.44. The second-order valence-corrected chi connectivity index (χ2v) is 6.24. The van der Waals surface area contributed by atoms with E-state index >= 15 is 0 Å². The van der Waals surface area contributed by atoms with Gasteiger partial charge in [-0.05, 0) is 30.9 Å². The Kier molecular flexibility index (Phi) is 6.12. The van der Waals surface area contributed by atoms with Crippen LogP contribution in [0.1, 0.15) is 37.3 Å². The third kappa shape index (κ3) is 3.66. The highest BCUT2D eigenvalue weighted by atomic mass is 35.5. The van der Waals surface area contributed by atoms with E-state index in [1.807, 2.05) is 18.2 Å². The summed E-state index contributed by atoms with van der Waals surface area (Å²) in [7, 11) is 0. The van der Waals surface area contributed by atoms with Crippen molar-refractivity contribution in [3.8, 4) is 0 Å². The number of halogens is 2. The van der Waals surface area contributed by atoms with Gasteiger partial charge in [0.1, 0.15) is 0 Å². The molecule has 1 aliphatic rings. The van der Waals surface area contributed by atoms with Crippen molar-refractivity contribution in [2.45, 2.75) is 37.8 Å². The molecule has 0 spiro atoms. The van der Waals surface area contributed by atoms with E-state index in [9.17, 15) is 5.11 Å². The van der Waals surface area contributed by atoms with Gasteiger partial charge in [-0.2, -0.15) is 0 Å². The second-order valence-electron chi connectivity index (χ2n) is 5.42. The van der Waals surface area contributed by atoms with Crippen molar-refractivity contribution in [3.05, 3.63) is 33.8 Å². The number of nitrogens with one attached hydrogen (secondary N) is 1. The molecule has 5 heteroatoms. The molecule has 0 heterocycles. The van der Waals surface area contributed by atoms with Gasteiger partial charge in [-0.15, -0.1) is 0 Å². The molecular formula is C15H22Cl2N2O. The molecule has 3 unspecified atom stereocenters. The van der Waals surface area contributed by atoms with E-state index in [4.69, 9.17) is 28.9 Å². The Morgan fingerprint density at radius 3 is 2.50 bits per heavy atom. The Morgan fingerprint density at radius 2 is 1.90 bits per heavy atom. The van der Waals surface area contributed by atoms with Gasteiger partial charge in [0.2, 0.25) is 0 Å². The van der Waals surface area contributed by atoms with Crippen molar-refractivity contribution >= 4 is 23.2 Å². The van der Waals surface area contributed by atoms with Crippen LogP contribution < -0.4 is 11.1 Å². The normalized spacial score (nSPS) is 24.6. The van der Waals surface area contributed by atoms with E-state index in [1.54, 1.807) is 0 Å². The SMILES string of the molecule is NCC(NC1CCCCC1CO)c1c(Cl)cccc1Cl. The van der Waals surface area contributed by atoms with E-state index in [2.05, 4.69) is 5.32 Å². The second kappa shape index (κ2) is 7.62. The van der Waals surface area contributed by atoms with Crippen LogP contribution in [-0.4, -0.2) is 24.3 Å². The maximum Gasteiger partial charge on any atom is 0.0476 e. The Morgan fingerprint density at radius 1 is 1.25 bits per heavy atom. The summed E-state index contributed by atoms with van der Waals surface area (Å²) in [4.78, 5) is 0. The van der Waals surface area contributed by atoms with Crippen molar-refractivity contribution < 1.29 is 5.11 Å². The fourth-order valence-corrected chi connectivity index (χ4v) is 3.68. The third-order valence-corrected chi connectivity index (χ3v) is 4.80. The number of aliphatic hydroxyl groups excluding tert-OH is 1. The quantitative estimate of drug-likeness (QED) is 0.782. The smallest absolute Gasteiger partial charge is 0.0476 e. The number of benzene rings is 1. The first-order valence-electron chi connectivity index (χ1n) is 7.18. The molecule has 1 fully saturated rings. The Balaban J connectivity index is 2.16. The first-order valence-corrected chi connectivity index (χ1v) is 7.93. The highest BCUT2D eigenvalue weighted by Crippen LogP contribution is 2.32. The molecule has 0 radical (unpaired) electrons. The molecule has 20 heavy (non-hydrogen) atoms. The topological polar surface area (TPSA) is 58.3 Å². The van der Waals surface area contributed by atoms with E-state index in [1.165, 1.54) is 12.8 Å². The fourth-order valence-electron chi connectivity index (χ4n) is 3.02. The number of hydrogen-bond donors (Lipinski definition) is 3. The zero-order valence-electron chi connectivity index (χ0n) is 11.5. The van der Waals surface area contributed by atoms with Crippen LogP contribution in [-0.2, 0) is 0 Å². The van der Waals surface area contributed by atoms with Gasteiger partial charge in [0.25, 0.3) is 0 Å². The predicted octanol–water partition coefficient (Wildman–Crippen LogP) is 3.13. The fraction of sp³-hybridized carbons (Fsp3) is 0.600. The molecule has 3 atom stereocenters. The molecule has 3 nitrogen and oxygen atoms in total. The highest BCUT2D eigenvalue weighted by molar-refractivity contribution is 6.36. The monoisotopic (exact) mass is 316 g/mol. The van der Waals surface area contributed by atoms with Crippen LogP contribution in [0.5, 0.6) is 0 Å². The highest BCUT2D eigenvalue weighted by Gasteiger charge is 2.28. The molecule has 2 rings (SSSR count). The standard InChI is InChI=1S/C15H22Cl2N2O/c16-11-5-3-6-12(17)15(11)14(8-18)19-13-7-2-1-4-10(13)9-20/h3,5-6,10,13-14,19-20H,1-2,4,7-9,18H2. The molecule has 1 aromatic rings. The van der Waals surface area contributed by atoms with Gasteiger partial charge in [0.05, 0.1) is 0 Å². The molecule has 112 valence electrons. The van der Waals surface area contributed by atoms with Crippen LogP contribution in [0.3, 0.4) is 0 Å². The lowest BCUT2D eigenvalue weighted by Gasteiger charge is -2.34. The average Bonchev–Trinajstić information content (AvgIpc) is 2.46. The van der Waals surface area contributed by atoms with Crippen LogP contribution >= 0.6 is 23.2 Å². The van der Waals surface area contributed by atoms with Gasteiger partial charge in [-0.3, -0.25) is 0 Å². The minimum Gasteiger partial charge on any atom is -0.396 e. The molecule has 0 aromatic heterocycles. The molecule has 0 amide bonds. The minimum absolute atomic E-state index is 0.0756. The first-order chi connectivity index (χ1) is 9.67. The molecule has 4 N–H and O–H groups in total. The lowest BCUT2D eigenvalue weighted by atomic mass is 9.84. The summed E-state index contributed by atoms with van der Waals surface area (Å²) in [6.45, 7) is 0.642. The summed E-state index contributed by atoms with van der Waals surface area (Å²) in [6, 6.07) is 5.69. The number of rotatable bonds is 5. The van der Waals surface area contributed by atoms with Crippen LogP contribution in [0.15, 0.2) is 18.2 Å². The summed E-state index contributed by atoms with van der Waals surface area (Å²) in [5.74, 6) is 0.291. The Labute approximate surface area is 130 Å². The maximum absolute atomic E-state index is 9.50.